The normalized spacial score (nSPS) is 18.9. The third-order valence-electron chi connectivity index (χ3n) is 7.03. The van der Waals surface area contributed by atoms with Gasteiger partial charge in [-0.15, -0.1) is 0 Å². The second-order valence-corrected chi connectivity index (χ2v) is 9.22. The van der Waals surface area contributed by atoms with E-state index in [9.17, 15) is 14.4 Å². The second-order valence-electron chi connectivity index (χ2n) is 9.22. The van der Waals surface area contributed by atoms with Crippen LogP contribution in [0, 0.1) is 6.92 Å². The fourth-order valence-corrected chi connectivity index (χ4v) is 5.03. The monoisotopic (exact) mass is 487 g/mol. The topological polar surface area (TPSA) is 92.1 Å². The van der Waals surface area contributed by atoms with Gasteiger partial charge in [0, 0.05) is 37.1 Å². The molecule has 5 rings (SSSR count). The summed E-state index contributed by atoms with van der Waals surface area (Å²) in [7, 11) is 0. The molecule has 36 heavy (non-hydrogen) atoms. The second kappa shape index (κ2) is 9.99. The molecule has 0 saturated carbocycles. The molecular weight excluding hydrogens is 458 g/mol. The van der Waals surface area contributed by atoms with Gasteiger partial charge in [0.25, 0.3) is 11.8 Å². The maximum Gasteiger partial charge on any atom is 0.256 e. The fourth-order valence-electron chi connectivity index (χ4n) is 5.03. The van der Waals surface area contributed by atoms with Gasteiger partial charge in [0.2, 0.25) is 5.91 Å². The molecule has 3 amide bonds. The van der Waals surface area contributed by atoms with Crippen LogP contribution < -0.4 is 5.32 Å². The Balaban J connectivity index is 1.36. The lowest BCUT2D eigenvalue weighted by molar-refractivity contribution is -0.128. The molecule has 0 aliphatic carbocycles. The first-order valence-corrected chi connectivity index (χ1v) is 12.2. The zero-order valence-electron chi connectivity index (χ0n) is 20.2. The van der Waals surface area contributed by atoms with Gasteiger partial charge >= 0.3 is 0 Å². The first-order chi connectivity index (χ1) is 17.5. The van der Waals surface area contributed by atoms with Crippen LogP contribution >= 0.6 is 0 Å². The van der Waals surface area contributed by atoms with Crippen LogP contribution in [0.1, 0.15) is 44.9 Å². The van der Waals surface area contributed by atoms with Crippen molar-refractivity contribution in [2.75, 3.05) is 19.7 Å². The Hall–Kier alpha value is -3.91. The molecule has 2 aromatic carbocycles. The van der Waals surface area contributed by atoms with Crippen molar-refractivity contribution in [1.82, 2.24) is 15.1 Å². The maximum atomic E-state index is 13.7. The van der Waals surface area contributed by atoms with E-state index in [-0.39, 0.29) is 30.9 Å². The van der Waals surface area contributed by atoms with Gasteiger partial charge in [0.1, 0.15) is 17.5 Å². The number of nitrogens with one attached hydrogen (secondary N) is 1. The molecule has 2 saturated heterocycles. The number of hydrogen-bond donors (Lipinski definition) is 1. The van der Waals surface area contributed by atoms with Crippen LogP contribution in [0.15, 0.2) is 77.4 Å². The minimum Gasteiger partial charge on any atom is -0.467 e. The number of aryl methyl sites for hydroxylation is 1. The van der Waals surface area contributed by atoms with E-state index in [1.54, 1.807) is 52.5 Å². The van der Waals surface area contributed by atoms with Crippen molar-refractivity contribution in [3.8, 4) is 0 Å². The Morgan fingerprint density at radius 2 is 1.67 bits per heavy atom. The molecule has 3 heterocycles. The number of hydrogen-bond acceptors (Lipinski definition) is 5. The van der Waals surface area contributed by atoms with E-state index < -0.39 is 11.8 Å². The lowest BCUT2D eigenvalue weighted by Crippen LogP contribution is -2.59. The van der Waals surface area contributed by atoms with Gasteiger partial charge in [-0.05, 0) is 42.8 Å². The van der Waals surface area contributed by atoms with Gasteiger partial charge in [-0.2, -0.15) is 0 Å². The van der Waals surface area contributed by atoms with Gasteiger partial charge in [-0.25, -0.2) is 0 Å². The Labute approximate surface area is 209 Å². The van der Waals surface area contributed by atoms with Gasteiger partial charge in [0.15, 0.2) is 0 Å². The molecule has 2 aliphatic heterocycles. The molecule has 1 unspecified atom stereocenters. The third kappa shape index (κ3) is 4.52. The number of carbonyl (C=O) groups is 3. The summed E-state index contributed by atoms with van der Waals surface area (Å²) in [6, 6.07) is 19.2. The number of piperidine rings is 1. The third-order valence-corrected chi connectivity index (χ3v) is 7.03. The summed E-state index contributed by atoms with van der Waals surface area (Å²) in [5, 5.41) is 2.87. The van der Waals surface area contributed by atoms with E-state index in [1.165, 1.54) is 0 Å². The molecule has 3 aromatic rings. The predicted octanol–water partition coefficient (Wildman–Crippen LogP) is 3.38. The molecule has 8 heteroatoms. The summed E-state index contributed by atoms with van der Waals surface area (Å²) < 4.78 is 11.6. The SMILES string of the molecule is Cc1ccccc1C(=O)N1CCC2(CC1)OCC(C(=O)NCc1ccco1)N2C(=O)c1ccccc1. The number of benzene rings is 2. The minimum absolute atomic E-state index is 0.0328. The van der Waals surface area contributed by atoms with Crippen molar-refractivity contribution in [2.24, 2.45) is 0 Å². The quantitative estimate of drug-likeness (QED) is 0.596. The van der Waals surface area contributed by atoms with Crippen molar-refractivity contribution in [2.45, 2.75) is 38.1 Å². The molecule has 1 spiro atoms. The number of carbonyl (C=O) groups excluding carboxylic acids is 3. The zero-order valence-corrected chi connectivity index (χ0v) is 20.2. The first-order valence-electron chi connectivity index (χ1n) is 12.2. The molecule has 2 aliphatic rings. The summed E-state index contributed by atoms with van der Waals surface area (Å²) in [6.45, 7) is 3.08. The van der Waals surface area contributed by atoms with Crippen molar-refractivity contribution in [1.29, 1.82) is 0 Å². The van der Waals surface area contributed by atoms with E-state index in [0.29, 0.717) is 42.8 Å². The van der Waals surface area contributed by atoms with Crippen LogP contribution in [0.5, 0.6) is 0 Å². The van der Waals surface area contributed by atoms with Crippen LogP contribution in [-0.2, 0) is 16.1 Å². The number of nitrogens with zero attached hydrogens (tertiary/aromatic N) is 2. The number of rotatable bonds is 5. The Morgan fingerprint density at radius 3 is 2.36 bits per heavy atom. The lowest BCUT2D eigenvalue weighted by Gasteiger charge is -2.44. The molecule has 0 bridgehead atoms. The van der Waals surface area contributed by atoms with Gasteiger partial charge in [0.05, 0.1) is 19.4 Å². The molecular formula is C28H29N3O5. The highest BCUT2D eigenvalue weighted by Crippen LogP contribution is 2.39. The van der Waals surface area contributed by atoms with Crippen molar-refractivity contribution in [3.63, 3.8) is 0 Å². The van der Waals surface area contributed by atoms with Crippen molar-refractivity contribution < 1.29 is 23.5 Å². The largest absolute Gasteiger partial charge is 0.467 e. The number of amides is 3. The van der Waals surface area contributed by atoms with E-state index in [1.807, 2.05) is 37.3 Å². The number of likely N-dealkylation sites (tertiary alicyclic amines) is 1. The van der Waals surface area contributed by atoms with Crippen LogP contribution in [0.2, 0.25) is 0 Å². The molecule has 2 fully saturated rings. The molecule has 186 valence electrons. The number of ether oxygens (including phenoxy) is 1. The summed E-state index contributed by atoms with van der Waals surface area (Å²) in [5.74, 6) is 0.0338. The Morgan fingerprint density at radius 1 is 0.944 bits per heavy atom. The Bertz CT molecular complexity index is 1230. The molecule has 0 radical (unpaired) electrons. The summed E-state index contributed by atoms with van der Waals surface area (Å²) in [6.07, 6.45) is 2.39. The average Bonchev–Trinajstić information content (AvgIpc) is 3.56. The molecule has 8 nitrogen and oxygen atoms in total. The van der Waals surface area contributed by atoms with E-state index in [0.717, 1.165) is 5.56 Å². The molecule has 1 atom stereocenters. The predicted molar refractivity (Wildman–Crippen MR) is 132 cm³/mol. The summed E-state index contributed by atoms with van der Waals surface area (Å²) in [4.78, 5) is 43.5. The molecule has 1 N–H and O–H groups in total. The summed E-state index contributed by atoms with van der Waals surface area (Å²) >= 11 is 0. The minimum atomic E-state index is -0.956. The number of furan rings is 1. The van der Waals surface area contributed by atoms with Gasteiger partial charge < -0.3 is 19.4 Å². The van der Waals surface area contributed by atoms with Crippen LogP contribution in [0.3, 0.4) is 0 Å². The lowest BCUT2D eigenvalue weighted by atomic mass is 9.95. The van der Waals surface area contributed by atoms with Gasteiger partial charge in [-0.1, -0.05) is 36.4 Å². The maximum absolute atomic E-state index is 13.7. The van der Waals surface area contributed by atoms with E-state index in [2.05, 4.69) is 5.32 Å². The van der Waals surface area contributed by atoms with Gasteiger partial charge in [-0.3, -0.25) is 19.3 Å². The highest BCUT2D eigenvalue weighted by atomic mass is 16.5. The highest BCUT2D eigenvalue weighted by molar-refractivity contribution is 5.98. The van der Waals surface area contributed by atoms with E-state index in [4.69, 9.17) is 9.15 Å². The van der Waals surface area contributed by atoms with Crippen LogP contribution in [-0.4, -0.2) is 59.0 Å². The zero-order chi connectivity index (χ0) is 25.1. The smallest absolute Gasteiger partial charge is 0.256 e. The Kier molecular flexibility index (Phi) is 6.61. The summed E-state index contributed by atoms with van der Waals surface area (Å²) in [5.41, 5.74) is 1.13. The van der Waals surface area contributed by atoms with Crippen LogP contribution in [0.25, 0.3) is 0 Å². The molecule has 1 aromatic heterocycles. The van der Waals surface area contributed by atoms with Crippen LogP contribution in [0.4, 0.5) is 0 Å². The van der Waals surface area contributed by atoms with Crippen molar-refractivity contribution >= 4 is 17.7 Å². The van der Waals surface area contributed by atoms with E-state index >= 15 is 0 Å². The average molecular weight is 488 g/mol. The van der Waals surface area contributed by atoms with Crippen molar-refractivity contribution in [3.05, 3.63) is 95.4 Å². The highest BCUT2D eigenvalue weighted by Gasteiger charge is 2.54. The first kappa shape index (κ1) is 23.8. The fraction of sp³-hybridized carbons (Fsp3) is 0.321. The standard InChI is InChI=1S/C28H29N3O5/c1-20-8-5-6-12-23(20)27(34)30-15-13-28(14-16-30)31(26(33)21-9-3-2-4-10-21)24(19-36-28)25(32)29-18-22-11-7-17-35-22/h2-12,17,24H,13-16,18-19H2,1H3,(H,29,32).